The topological polar surface area (TPSA) is 20.2 Å². The first-order chi connectivity index (χ1) is 6.70. The minimum Gasteiger partial charge on any atom is -0.390 e. The molecular weight excluding hydrogens is 192 g/mol. The van der Waals surface area contributed by atoms with Crippen molar-refractivity contribution in [2.45, 2.75) is 51.6 Å². The van der Waals surface area contributed by atoms with Crippen LogP contribution < -0.4 is 0 Å². The Bertz CT molecular complexity index is 235. The van der Waals surface area contributed by atoms with Gasteiger partial charge in [-0.3, -0.25) is 0 Å². The Morgan fingerprint density at radius 1 is 1.29 bits per heavy atom. The SMILES string of the molecule is CCCC(O)(CCC)Cc1cccs1. The predicted molar refractivity (Wildman–Crippen MR) is 62.8 cm³/mol. The molecule has 1 nitrogen and oxygen atoms in total. The Balaban J connectivity index is 2.58. The second-order valence-corrected chi connectivity index (χ2v) is 5.01. The highest BCUT2D eigenvalue weighted by Gasteiger charge is 2.25. The highest BCUT2D eigenvalue weighted by Crippen LogP contribution is 2.26. The van der Waals surface area contributed by atoms with Crippen molar-refractivity contribution in [1.82, 2.24) is 0 Å². The van der Waals surface area contributed by atoms with Crippen molar-refractivity contribution in [1.29, 1.82) is 0 Å². The average Bonchev–Trinajstić information content (AvgIpc) is 2.57. The summed E-state index contributed by atoms with van der Waals surface area (Å²) in [7, 11) is 0. The normalized spacial score (nSPS) is 11.9. The summed E-state index contributed by atoms with van der Waals surface area (Å²) in [4.78, 5) is 1.30. The van der Waals surface area contributed by atoms with Gasteiger partial charge in [-0.1, -0.05) is 32.8 Å². The molecule has 1 aromatic heterocycles. The first-order valence-corrected chi connectivity index (χ1v) is 6.33. The van der Waals surface area contributed by atoms with Gasteiger partial charge < -0.3 is 5.11 Å². The van der Waals surface area contributed by atoms with Crippen molar-refractivity contribution < 1.29 is 5.11 Å². The van der Waals surface area contributed by atoms with Gasteiger partial charge in [-0.25, -0.2) is 0 Å². The molecule has 0 saturated carbocycles. The zero-order valence-corrected chi connectivity index (χ0v) is 9.94. The van der Waals surface area contributed by atoms with Crippen molar-refractivity contribution in [2.24, 2.45) is 0 Å². The molecule has 80 valence electrons. The van der Waals surface area contributed by atoms with Gasteiger partial charge in [-0.05, 0) is 24.3 Å². The molecule has 1 aromatic rings. The van der Waals surface area contributed by atoms with Gasteiger partial charge in [0.05, 0.1) is 5.60 Å². The summed E-state index contributed by atoms with van der Waals surface area (Å²) < 4.78 is 0. The molecule has 0 atom stereocenters. The Kier molecular flexibility index (Phi) is 4.63. The highest BCUT2D eigenvalue weighted by atomic mass is 32.1. The summed E-state index contributed by atoms with van der Waals surface area (Å²) in [6.45, 7) is 4.27. The van der Waals surface area contributed by atoms with Crippen molar-refractivity contribution in [2.75, 3.05) is 0 Å². The maximum Gasteiger partial charge on any atom is 0.0695 e. The van der Waals surface area contributed by atoms with Crippen LogP contribution in [0.15, 0.2) is 17.5 Å². The third kappa shape index (κ3) is 3.43. The molecule has 0 radical (unpaired) electrons. The second-order valence-electron chi connectivity index (χ2n) is 3.98. The minimum atomic E-state index is -0.464. The third-order valence-corrected chi connectivity index (χ3v) is 3.39. The first-order valence-electron chi connectivity index (χ1n) is 5.45. The fourth-order valence-corrected chi connectivity index (χ4v) is 2.81. The summed E-state index contributed by atoms with van der Waals surface area (Å²) in [5.41, 5.74) is -0.464. The van der Waals surface area contributed by atoms with E-state index in [9.17, 15) is 5.11 Å². The van der Waals surface area contributed by atoms with Gasteiger partial charge in [0, 0.05) is 11.3 Å². The number of hydrogen-bond acceptors (Lipinski definition) is 2. The van der Waals surface area contributed by atoms with E-state index in [2.05, 4.69) is 31.4 Å². The minimum absolute atomic E-state index is 0.464. The molecule has 0 saturated heterocycles. The molecule has 0 aliphatic rings. The Labute approximate surface area is 90.8 Å². The quantitative estimate of drug-likeness (QED) is 0.763. The van der Waals surface area contributed by atoms with E-state index in [4.69, 9.17) is 0 Å². The van der Waals surface area contributed by atoms with Crippen LogP contribution in [0.2, 0.25) is 0 Å². The Hall–Kier alpha value is -0.340. The third-order valence-electron chi connectivity index (χ3n) is 2.51. The monoisotopic (exact) mass is 212 g/mol. The average molecular weight is 212 g/mol. The molecule has 2 heteroatoms. The maximum absolute atomic E-state index is 10.4. The Morgan fingerprint density at radius 2 is 1.93 bits per heavy atom. The van der Waals surface area contributed by atoms with Crippen LogP contribution >= 0.6 is 11.3 Å². The van der Waals surface area contributed by atoms with Crippen molar-refractivity contribution >= 4 is 11.3 Å². The second kappa shape index (κ2) is 5.52. The molecule has 0 fully saturated rings. The number of thiophene rings is 1. The van der Waals surface area contributed by atoms with Crippen LogP contribution in [0, 0.1) is 0 Å². The highest BCUT2D eigenvalue weighted by molar-refractivity contribution is 7.09. The van der Waals surface area contributed by atoms with Crippen LogP contribution in [0.3, 0.4) is 0 Å². The van der Waals surface area contributed by atoms with Crippen LogP contribution in [0.25, 0.3) is 0 Å². The van der Waals surface area contributed by atoms with E-state index in [-0.39, 0.29) is 0 Å². The Morgan fingerprint density at radius 3 is 2.36 bits per heavy atom. The van der Waals surface area contributed by atoms with Gasteiger partial charge in [0.1, 0.15) is 0 Å². The lowest BCUT2D eigenvalue weighted by Gasteiger charge is -2.26. The molecule has 0 bridgehead atoms. The summed E-state index contributed by atoms with van der Waals surface area (Å²) in [5.74, 6) is 0. The van der Waals surface area contributed by atoms with Crippen molar-refractivity contribution in [3.63, 3.8) is 0 Å². The van der Waals surface area contributed by atoms with Crippen LogP contribution in [0.4, 0.5) is 0 Å². The fraction of sp³-hybridized carbons (Fsp3) is 0.667. The summed E-state index contributed by atoms with van der Waals surface area (Å²) in [5, 5.41) is 12.5. The number of hydrogen-bond donors (Lipinski definition) is 1. The van der Waals surface area contributed by atoms with Gasteiger partial charge in [0.15, 0.2) is 0 Å². The molecule has 0 aromatic carbocycles. The van der Waals surface area contributed by atoms with Gasteiger partial charge in [0.2, 0.25) is 0 Å². The van der Waals surface area contributed by atoms with E-state index in [1.165, 1.54) is 4.88 Å². The van der Waals surface area contributed by atoms with Crippen molar-refractivity contribution in [3.8, 4) is 0 Å². The molecular formula is C12H20OS. The standard InChI is InChI=1S/C12H20OS/c1-3-7-12(13,8-4-2)10-11-6-5-9-14-11/h5-6,9,13H,3-4,7-8,10H2,1-2H3. The molecule has 1 heterocycles. The number of aliphatic hydroxyl groups is 1. The van der Waals surface area contributed by atoms with Gasteiger partial charge in [-0.2, -0.15) is 0 Å². The lowest BCUT2D eigenvalue weighted by molar-refractivity contribution is 0.0224. The van der Waals surface area contributed by atoms with Crippen LogP contribution in [-0.2, 0) is 6.42 Å². The summed E-state index contributed by atoms with van der Waals surface area (Å²) in [6.07, 6.45) is 4.77. The van der Waals surface area contributed by atoms with Crippen molar-refractivity contribution in [3.05, 3.63) is 22.4 Å². The summed E-state index contributed by atoms with van der Waals surface area (Å²) in [6, 6.07) is 4.17. The number of rotatable bonds is 6. The smallest absolute Gasteiger partial charge is 0.0695 e. The summed E-state index contributed by atoms with van der Waals surface area (Å²) >= 11 is 1.74. The van der Waals surface area contributed by atoms with E-state index in [1.54, 1.807) is 11.3 Å². The maximum atomic E-state index is 10.4. The van der Waals surface area contributed by atoms with Gasteiger partial charge >= 0.3 is 0 Å². The lowest BCUT2D eigenvalue weighted by atomic mass is 9.89. The molecule has 0 spiro atoms. The fourth-order valence-electron chi connectivity index (χ4n) is 1.97. The largest absolute Gasteiger partial charge is 0.390 e. The van der Waals surface area contributed by atoms with Crippen LogP contribution in [0.1, 0.15) is 44.4 Å². The molecule has 1 N–H and O–H groups in total. The van der Waals surface area contributed by atoms with Gasteiger partial charge in [0.25, 0.3) is 0 Å². The predicted octanol–water partition coefficient (Wildman–Crippen LogP) is 3.62. The molecule has 1 rings (SSSR count). The lowest BCUT2D eigenvalue weighted by Crippen LogP contribution is -2.30. The van der Waals surface area contributed by atoms with E-state index in [1.807, 2.05) is 0 Å². The van der Waals surface area contributed by atoms with E-state index < -0.39 is 5.60 Å². The first kappa shape index (κ1) is 11.7. The van der Waals surface area contributed by atoms with E-state index in [0.29, 0.717) is 0 Å². The zero-order valence-electron chi connectivity index (χ0n) is 9.12. The molecule has 14 heavy (non-hydrogen) atoms. The van der Waals surface area contributed by atoms with Gasteiger partial charge in [-0.15, -0.1) is 11.3 Å². The zero-order chi connectivity index (χ0) is 10.4. The molecule has 0 unspecified atom stereocenters. The molecule has 0 amide bonds. The van der Waals surface area contributed by atoms with E-state index >= 15 is 0 Å². The van der Waals surface area contributed by atoms with Crippen LogP contribution in [-0.4, -0.2) is 10.7 Å². The molecule has 0 aliphatic heterocycles. The van der Waals surface area contributed by atoms with E-state index in [0.717, 1.165) is 32.1 Å². The molecule has 0 aliphatic carbocycles. The van der Waals surface area contributed by atoms with Crippen LogP contribution in [0.5, 0.6) is 0 Å².